The first-order valence-corrected chi connectivity index (χ1v) is 15.4. The molecule has 0 aromatic heterocycles. The van der Waals surface area contributed by atoms with E-state index >= 15 is 0 Å². The fourth-order valence-corrected chi connectivity index (χ4v) is 6.89. The van der Waals surface area contributed by atoms with Gasteiger partial charge >= 0.3 is 0 Å². The number of fused-ring (bicyclic) bond motifs is 6. The smallest absolute Gasteiger partial charge is 0.190 e. The standard InChI is InChI=1S/C32H44O12/c1-10-16-11-17(33-14-19-21-23(39-29(2,3)37-21)25-27(35-19)43-31(6,7)41-25)13-18(12-16)34-15-20-22-24(40-30(4,5)38-22)26-28(36-20)44-32(8,9)42-26/h10-13,19-28H,1,14-15H2,2-9H3/t19-,20-,21+,22+,23+,24+,25-,26-,27-,28-/m1/s1. The highest BCUT2D eigenvalue weighted by Gasteiger charge is 2.62. The first kappa shape index (κ1) is 30.8. The molecule has 0 N–H and O–H groups in total. The van der Waals surface area contributed by atoms with Gasteiger partial charge in [0.2, 0.25) is 0 Å². The molecule has 0 bridgehead atoms. The molecule has 0 amide bonds. The Balaban J connectivity index is 1.04. The fourth-order valence-electron chi connectivity index (χ4n) is 6.89. The van der Waals surface area contributed by atoms with E-state index in [4.69, 9.17) is 56.8 Å². The predicted molar refractivity (Wildman–Crippen MR) is 153 cm³/mol. The summed E-state index contributed by atoms with van der Waals surface area (Å²) in [7, 11) is 0. The van der Waals surface area contributed by atoms with Gasteiger partial charge in [-0.25, -0.2) is 0 Å². The zero-order valence-corrected chi connectivity index (χ0v) is 26.6. The van der Waals surface area contributed by atoms with Crippen LogP contribution in [0, 0.1) is 0 Å². The average Bonchev–Trinajstić information content (AvgIpc) is 3.62. The van der Waals surface area contributed by atoms with Crippen molar-refractivity contribution in [3.05, 3.63) is 30.3 Å². The zero-order chi connectivity index (χ0) is 31.2. The molecule has 12 nitrogen and oxygen atoms in total. The molecular weight excluding hydrogens is 576 g/mol. The van der Waals surface area contributed by atoms with E-state index in [0.717, 1.165) is 5.56 Å². The summed E-state index contributed by atoms with van der Waals surface area (Å²) in [6.07, 6.45) is -2.69. The van der Waals surface area contributed by atoms with E-state index in [1.807, 2.05) is 73.6 Å². The lowest BCUT2D eigenvalue weighted by Gasteiger charge is -2.37. The number of benzene rings is 1. The largest absolute Gasteiger partial charge is 0.491 e. The van der Waals surface area contributed by atoms with Crippen LogP contribution in [0.2, 0.25) is 0 Å². The van der Waals surface area contributed by atoms with Gasteiger partial charge in [-0.2, -0.15) is 0 Å². The third-order valence-electron chi connectivity index (χ3n) is 8.47. The van der Waals surface area contributed by atoms with Crippen molar-refractivity contribution < 1.29 is 56.8 Å². The van der Waals surface area contributed by atoms with Gasteiger partial charge in [-0.3, -0.25) is 0 Å². The van der Waals surface area contributed by atoms with Crippen LogP contribution in [0.25, 0.3) is 6.08 Å². The Labute approximate surface area is 258 Å². The van der Waals surface area contributed by atoms with Crippen molar-refractivity contribution in [3.63, 3.8) is 0 Å². The molecule has 244 valence electrons. The van der Waals surface area contributed by atoms with Gasteiger partial charge in [-0.15, -0.1) is 0 Å². The third kappa shape index (κ3) is 5.90. The quantitative estimate of drug-likeness (QED) is 0.441. The minimum atomic E-state index is -0.794. The SMILES string of the molecule is C=Cc1cc(OC[C@H]2O[C@@H]3OC(C)(C)O[C@@H]3[C@H]3OC(C)(C)O[C@H]32)cc(OC[C@H]2O[C@@H]3OC(C)(C)O[C@@H]3[C@H]3OC(C)(C)O[C@H]32)c1. The summed E-state index contributed by atoms with van der Waals surface area (Å²) < 4.78 is 74.3. The van der Waals surface area contributed by atoms with E-state index in [-0.39, 0.29) is 25.4 Å². The second kappa shape index (κ2) is 10.6. The Hall–Kier alpha value is -1.84. The van der Waals surface area contributed by atoms with Crippen LogP contribution in [0.5, 0.6) is 11.5 Å². The van der Waals surface area contributed by atoms with Gasteiger partial charge < -0.3 is 56.8 Å². The Kier molecular flexibility index (Phi) is 7.41. The molecule has 0 aliphatic carbocycles. The molecule has 1 aromatic carbocycles. The summed E-state index contributed by atoms with van der Waals surface area (Å²) >= 11 is 0. The van der Waals surface area contributed by atoms with Crippen LogP contribution < -0.4 is 9.47 Å². The highest BCUT2D eigenvalue weighted by atomic mass is 16.9. The summed E-state index contributed by atoms with van der Waals surface area (Å²) in [5.74, 6) is -2.00. The van der Waals surface area contributed by atoms with Crippen LogP contribution in [0.15, 0.2) is 24.8 Å². The summed E-state index contributed by atoms with van der Waals surface area (Å²) in [6, 6.07) is 5.59. The molecule has 6 saturated heterocycles. The maximum atomic E-state index is 6.30. The van der Waals surface area contributed by atoms with Crippen molar-refractivity contribution in [1.29, 1.82) is 0 Å². The van der Waals surface area contributed by atoms with E-state index in [2.05, 4.69) is 6.58 Å². The number of ether oxygens (including phenoxy) is 12. The summed E-state index contributed by atoms with van der Waals surface area (Å²) in [4.78, 5) is 0. The fraction of sp³-hybridized carbons (Fsp3) is 0.750. The lowest BCUT2D eigenvalue weighted by atomic mass is 9.99. The van der Waals surface area contributed by atoms with Crippen LogP contribution in [0.1, 0.15) is 61.0 Å². The maximum absolute atomic E-state index is 6.30. The van der Waals surface area contributed by atoms with Crippen molar-refractivity contribution in [3.8, 4) is 11.5 Å². The van der Waals surface area contributed by atoms with Gasteiger partial charge in [0.25, 0.3) is 0 Å². The second-order valence-corrected chi connectivity index (χ2v) is 14.0. The first-order valence-electron chi connectivity index (χ1n) is 15.4. The minimum Gasteiger partial charge on any atom is -0.491 e. The molecule has 0 radical (unpaired) electrons. The van der Waals surface area contributed by atoms with Gasteiger partial charge in [0.15, 0.2) is 35.7 Å². The molecule has 0 saturated carbocycles. The van der Waals surface area contributed by atoms with Crippen LogP contribution in [0.3, 0.4) is 0 Å². The number of rotatable bonds is 7. The Morgan fingerprint density at radius 2 is 0.909 bits per heavy atom. The normalized spacial score (nSPS) is 42.2. The van der Waals surface area contributed by atoms with Gasteiger partial charge in [-0.05, 0) is 73.1 Å². The van der Waals surface area contributed by atoms with Crippen LogP contribution in [-0.4, -0.2) is 97.8 Å². The first-order chi connectivity index (χ1) is 20.6. The highest BCUT2D eigenvalue weighted by molar-refractivity contribution is 5.53. The lowest BCUT2D eigenvalue weighted by molar-refractivity contribution is -0.238. The number of hydrogen-bond donors (Lipinski definition) is 0. The van der Waals surface area contributed by atoms with E-state index in [9.17, 15) is 0 Å². The van der Waals surface area contributed by atoms with Gasteiger partial charge in [0, 0.05) is 6.07 Å². The van der Waals surface area contributed by atoms with E-state index in [0.29, 0.717) is 11.5 Å². The van der Waals surface area contributed by atoms with Crippen LogP contribution in [0.4, 0.5) is 0 Å². The van der Waals surface area contributed by atoms with Gasteiger partial charge in [0.1, 0.15) is 73.5 Å². The van der Waals surface area contributed by atoms with Crippen molar-refractivity contribution in [2.24, 2.45) is 0 Å². The predicted octanol–water partition coefficient (Wildman–Crippen LogP) is 3.88. The van der Waals surface area contributed by atoms with Gasteiger partial charge in [-0.1, -0.05) is 12.7 Å². The second-order valence-electron chi connectivity index (χ2n) is 14.0. The molecular formula is C32H44O12. The van der Waals surface area contributed by atoms with E-state index in [1.165, 1.54) is 0 Å². The molecule has 6 heterocycles. The lowest BCUT2D eigenvalue weighted by Crippen LogP contribution is -2.56. The van der Waals surface area contributed by atoms with Gasteiger partial charge in [0.05, 0.1) is 0 Å². The molecule has 6 aliphatic rings. The topological polar surface area (TPSA) is 111 Å². The molecule has 6 fully saturated rings. The average molecular weight is 621 g/mol. The maximum Gasteiger partial charge on any atom is 0.190 e. The highest BCUT2D eigenvalue weighted by Crippen LogP contribution is 2.46. The zero-order valence-electron chi connectivity index (χ0n) is 26.6. The Bertz CT molecular complexity index is 1170. The molecule has 7 rings (SSSR count). The molecule has 1 aromatic rings. The molecule has 6 aliphatic heterocycles. The van der Waals surface area contributed by atoms with Crippen molar-refractivity contribution in [1.82, 2.24) is 0 Å². The summed E-state index contributed by atoms with van der Waals surface area (Å²) in [6.45, 7) is 19.3. The monoisotopic (exact) mass is 620 g/mol. The van der Waals surface area contributed by atoms with E-state index < -0.39 is 72.4 Å². The molecule has 12 heteroatoms. The summed E-state index contributed by atoms with van der Waals surface area (Å²) in [5, 5.41) is 0. The van der Waals surface area contributed by atoms with Crippen molar-refractivity contribution in [2.75, 3.05) is 13.2 Å². The van der Waals surface area contributed by atoms with Crippen LogP contribution in [-0.2, 0) is 47.4 Å². The van der Waals surface area contributed by atoms with Crippen molar-refractivity contribution >= 4 is 6.08 Å². The van der Waals surface area contributed by atoms with E-state index in [1.54, 1.807) is 6.08 Å². The molecule has 0 spiro atoms. The van der Waals surface area contributed by atoms with Crippen molar-refractivity contribution in [2.45, 2.75) is 140 Å². The molecule has 44 heavy (non-hydrogen) atoms. The Morgan fingerprint density at radius 1 is 0.545 bits per heavy atom. The number of hydrogen-bond acceptors (Lipinski definition) is 12. The molecule has 0 unspecified atom stereocenters. The summed E-state index contributed by atoms with van der Waals surface area (Å²) in [5.41, 5.74) is 0.828. The third-order valence-corrected chi connectivity index (χ3v) is 8.47. The molecule has 10 atom stereocenters. The Morgan fingerprint density at radius 3 is 1.32 bits per heavy atom. The minimum absolute atomic E-state index is 0.194. The van der Waals surface area contributed by atoms with Crippen LogP contribution >= 0.6 is 0 Å².